The van der Waals surface area contributed by atoms with E-state index < -0.39 is 5.97 Å². The molecule has 0 radical (unpaired) electrons. The molecule has 0 saturated heterocycles. The predicted octanol–water partition coefficient (Wildman–Crippen LogP) is 4.29. The zero-order valence-electron chi connectivity index (χ0n) is 10.2. The van der Waals surface area contributed by atoms with Gasteiger partial charge in [-0.1, -0.05) is 40.6 Å². The Hall–Kier alpha value is -1.30. The molecule has 0 unspecified atom stereocenters. The second-order valence-corrected chi connectivity index (χ2v) is 5.44. The van der Waals surface area contributed by atoms with Crippen LogP contribution in [0.1, 0.15) is 15.4 Å². The van der Waals surface area contributed by atoms with Crippen LogP contribution >= 0.6 is 34.5 Å². The summed E-state index contributed by atoms with van der Waals surface area (Å²) in [5.41, 5.74) is 1.25. The lowest BCUT2D eigenvalue weighted by Gasteiger charge is -2.05. The van der Waals surface area contributed by atoms with Crippen LogP contribution in [0.3, 0.4) is 0 Å². The number of hydrogen-bond acceptors (Lipinski definition) is 5. The lowest BCUT2D eigenvalue weighted by Crippen LogP contribution is -1.99. The Morgan fingerprint density at radius 3 is 2.84 bits per heavy atom. The number of ether oxygens (including phenoxy) is 1. The van der Waals surface area contributed by atoms with Crippen LogP contribution in [0, 0.1) is 6.92 Å². The van der Waals surface area contributed by atoms with E-state index in [0.717, 1.165) is 0 Å². The topological polar surface area (TPSA) is 51.2 Å². The fourth-order valence-electron chi connectivity index (χ4n) is 1.45. The minimum atomic E-state index is -0.403. The van der Waals surface area contributed by atoms with Crippen molar-refractivity contribution in [1.29, 1.82) is 0 Å². The van der Waals surface area contributed by atoms with E-state index in [2.05, 4.69) is 15.0 Å². The fourth-order valence-corrected chi connectivity index (χ4v) is 2.69. The lowest BCUT2D eigenvalue weighted by molar-refractivity contribution is 0.0605. The van der Waals surface area contributed by atoms with Crippen LogP contribution in [0.15, 0.2) is 18.2 Å². The van der Waals surface area contributed by atoms with Crippen molar-refractivity contribution >= 4 is 51.3 Å². The Morgan fingerprint density at radius 1 is 1.42 bits per heavy atom. The number of esters is 1. The summed E-state index contributed by atoms with van der Waals surface area (Å²) in [4.78, 5) is 16.2. The highest BCUT2D eigenvalue weighted by molar-refractivity contribution is 7.17. The molecule has 0 aliphatic carbocycles. The first kappa shape index (κ1) is 14.1. The van der Waals surface area contributed by atoms with Crippen molar-refractivity contribution in [2.45, 2.75) is 6.92 Å². The third-order valence-electron chi connectivity index (χ3n) is 2.36. The fraction of sp³-hybridized carbons (Fsp3) is 0.167. The van der Waals surface area contributed by atoms with Crippen LogP contribution in [-0.4, -0.2) is 18.1 Å². The summed E-state index contributed by atoms with van der Waals surface area (Å²) in [6.45, 7) is 1.74. The van der Waals surface area contributed by atoms with Crippen LogP contribution in [0.4, 0.5) is 10.8 Å². The highest BCUT2D eigenvalue weighted by Crippen LogP contribution is 2.33. The van der Waals surface area contributed by atoms with Gasteiger partial charge < -0.3 is 10.1 Å². The van der Waals surface area contributed by atoms with Crippen molar-refractivity contribution in [3.63, 3.8) is 0 Å². The largest absolute Gasteiger partial charge is 0.465 e. The summed E-state index contributed by atoms with van der Waals surface area (Å²) in [5.74, 6) is -0.403. The summed E-state index contributed by atoms with van der Waals surface area (Å²) in [6.07, 6.45) is 0. The molecule has 2 rings (SSSR count). The first-order chi connectivity index (χ1) is 9.02. The van der Waals surface area contributed by atoms with Gasteiger partial charge in [-0.05, 0) is 19.1 Å². The van der Waals surface area contributed by atoms with E-state index in [-0.39, 0.29) is 0 Å². The number of carbonyl (C=O) groups is 1. The van der Waals surface area contributed by atoms with Crippen LogP contribution in [0.2, 0.25) is 10.0 Å². The van der Waals surface area contributed by atoms with E-state index >= 15 is 0 Å². The van der Waals surface area contributed by atoms with Gasteiger partial charge in [0.2, 0.25) is 0 Å². The van der Waals surface area contributed by atoms with Gasteiger partial charge in [0.15, 0.2) is 5.13 Å². The molecule has 7 heteroatoms. The molecule has 0 spiro atoms. The number of methoxy groups -OCH3 is 1. The quantitative estimate of drug-likeness (QED) is 0.858. The number of halogens is 2. The molecule has 19 heavy (non-hydrogen) atoms. The summed E-state index contributed by atoms with van der Waals surface area (Å²) in [6, 6.07) is 5.25. The van der Waals surface area contributed by atoms with E-state index in [1.807, 2.05) is 0 Å². The summed E-state index contributed by atoms with van der Waals surface area (Å²) < 4.78 is 4.68. The van der Waals surface area contributed by atoms with Gasteiger partial charge in [-0.3, -0.25) is 0 Å². The molecule has 1 N–H and O–H groups in total. The second-order valence-electron chi connectivity index (χ2n) is 3.65. The van der Waals surface area contributed by atoms with Crippen molar-refractivity contribution in [3.8, 4) is 0 Å². The number of anilines is 2. The van der Waals surface area contributed by atoms with E-state index in [4.69, 9.17) is 23.2 Å². The van der Waals surface area contributed by atoms with Crippen molar-refractivity contribution in [3.05, 3.63) is 38.8 Å². The third kappa shape index (κ3) is 3.00. The molecule has 1 heterocycles. The summed E-state index contributed by atoms with van der Waals surface area (Å²) in [7, 11) is 1.34. The molecule has 0 atom stereocenters. The Balaban J connectivity index is 2.29. The van der Waals surface area contributed by atoms with Gasteiger partial charge in [0.1, 0.15) is 4.88 Å². The molecular weight excluding hydrogens is 307 g/mol. The Labute approximate surface area is 124 Å². The first-order valence-corrected chi connectivity index (χ1v) is 6.87. The number of aryl methyl sites for hydroxylation is 1. The van der Waals surface area contributed by atoms with Gasteiger partial charge >= 0.3 is 5.97 Å². The number of hydrogen-bond donors (Lipinski definition) is 1. The molecule has 2 aromatic rings. The Bertz CT molecular complexity index is 628. The number of rotatable bonds is 3. The van der Waals surface area contributed by atoms with E-state index in [1.165, 1.54) is 18.4 Å². The average molecular weight is 317 g/mol. The van der Waals surface area contributed by atoms with Crippen molar-refractivity contribution in [1.82, 2.24) is 4.98 Å². The standard InChI is InChI=1S/C12H10Cl2N2O2S/c1-6-10(11(17)18-2)19-12(15-6)16-8-5-3-4-7(13)9(8)14/h3-5H,1-2H3,(H,15,16). The molecule has 0 amide bonds. The van der Waals surface area contributed by atoms with Gasteiger partial charge in [0.05, 0.1) is 28.5 Å². The SMILES string of the molecule is COC(=O)c1sc(Nc2cccc(Cl)c2Cl)nc1C. The highest BCUT2D eigenvalue weighted by atomic mass is 35.5. The van der Waals surface area contributed by atoms with Gasteiger partial charge in [0.25, 0.3) is 0 Å². The van der Waals surface area contributed by atoms with Crippen molar-refractivity contribution in [2.75, 3.05) is 12.4 Å². The Kier molecular flexibility index (Phi) is 4.29. The average Bonchev–Trinajstić information content (AvgIpc) is 2.75. The van der Waals surface area contributed by atoms with Crippen molar-refractivity contribution in [2.24, 2.45) is 0 Å². The summed E-state index contributed by atoms with van der Waals surface area (Å²) >= 11 is 13.2. The molecule has 1 aromatic carbocycles. The zero-order valence-corrected chi connectivity index (χ0v) is 12.5. The van der Waals surface area contributed by atoms with Crippen molar-refractivity contribution < 1.29 is 9.53 Å². The van der Waals surface area contributed by atoms with E-state index in [9.17, 15) is 4.79 Å². The normalized spacial score (nSPS) is 10.3. The number of aromatic nitrogens is 1. The molecule has 0 saturated carbocycles. The number of carbonyl (C=O) groups excluding carboxylic acids is 1. The van der Waals surface area contributed by atoms with E-state index in [1.54, 1.807) is 25.1 Å². The maximum atomic E-state index is 11.5. The molecule has 0 aliphatic rings. The van der Waals surface area contributed by atoms with Gasteiger partial charge in [-0.2, -0.15) is 0 Å². The number of nitrogens with one attached hydrogen (secondary N) is 1. The zero-order chi connectivity index (χ0) is 14.0. The molecule has 100 valence electrons. The lowest BCUT2D eigenvalue weighted by atomic mass is 10.3. The highest BCUT2D eigenvalue weighted by Gasteiger charge is 2.16. The van der Waals surface area contributed by atoms with Gasteiger partial charge in [0, 0.05) is 0 Å². The smallest absolute Gasteiger partial charge is 0.350 e. The minimum Gasteiger partial charge on any atom is -0.465 e. The monoisotopic (exact) mass is 316 g/mol. The molecule has 0 fully saturated rings. The number of nitrogens with zero attached hydrogens (tertiary/aromatic N) is 1. The van der Waals surface area contributed by atoms with Gasteiger partial charge in [-0.25, -0.2) is 9.78 Å². The second kappa shape index (κ2) is 5.77. The number of thiazole rings is 1. The molecule has 1 aromatic heterocycles. The van der Waals surface area contributed by atoms with Gasteiger partial charge in [-0.15, -0.1) is 0 Å². The summed E-state index contributed by atoms with van der Waals surface area (Å²) in [5, 5.41) is 4.46. The predicted molar refractivity (Wildman–Crippen MR) is 77.9 cm³/mol. The maximum absolute atomic E-state index is 11.5. The number of benzene rings is 1. The van der Waals surface area contributed by atoms with Crippen LogP contribution in [0.25, 0.3) is 0 Å². The first-order valence-electron chi connectivity index (χ1n) is 5.29. The van der Waals surface area contributed by atoms with Crippen LogP contribution < -0.4 is 5.32 Å². The minimum absolute atomic E-state index is 0.403. The molecule has 4 nitrogen and oxygen atoms in total. The maximum Gasteiger partial charge on any atom is 0.350 e. The molecular formula is C12H10Cl2N2O2S. The Morgan fingerprint density at radius 2 is 2.16 bits per heavy atom. The molecule has 0 bridgehead atoms. The van der Waals surface area contributed by atoms with E-state index in [0.29, 0.717) is 31.4 Å². The molecule has 0 aliphatic heterocycles. The van der Waals surface area contributed by atoms with Crippen LogP contribution in [0.5, 0.6) is 0 Å². The third-order valence-corrected chi connectivity index (χ3v) is 4.23. The van der Waals surface area contributed by atoms with Crippen LogP contribution in [-0.2, 0) is 4.74 Å².